The third-order valence-electron chi connectivity index (χ3n) is 3.25. The quantitative estimate of drug-likeness (QED) is 0.754. The Balaban J connectivity index is 2.12. The van der Waals surface area contributed by atoms with E-state index >= 15 is 0 Å². The predicted octanol–water partition coefficient (Wildman–Crippen LogP) is 1.95. The summed E-state index contributed by atoms with van der Waals surface area (Å²) < 4.78 is 20.3. The molecule has 0 unspecified atom stereocenters. The van der Waals surface area contributed by atoms with Crippen LogP contribution in [0.5, 0.6) is 5.75 Å². The Kier molecular flexibility index (Phi) is 3.60. The molecule has 0 saturated carbocycles. The molecule has 3 N–H and O–H groups in total. The van der Waals surface area contributed by atoms with Gasteiger partial charge in [0.05, 0.1) is 36.3 Å². The zero-order valence-corrected chi connectivity index (χ0v) is 12.4. The van der Waals surface area contributed by atoms with Gasteiger partial charge in [0.25, 0.3) is 0 Å². The van der Waals surface area contributed by atoms with Crippen molar-refractivity contribution in [3.63, 3.8) is 0 Å². The van der Waals surface area contributed by atoms with Gasteiger partial charge in [-0.3, -0.25) is 0 Å². The topological polar surface area (TPSA) is 125 Å². The van der Waals surface area contributed by atoms with Gasteiger partial charge in [0.1, 0.15) is 6.07 Å². The number of nitriles is 2. The maximum Gasteiger partial charge on any atom is 0.178 e. The van der Waals surface area contributed by atoms with Gasteiger partial charge < -0.3 is 15.8 Å². The molecule has 0 radical (unpaired) electrons. The molecular weight excluding hydrogens is 313 g/mol. The monoisotopic (exact) mass is 323 g/mol. The summed E-state index contributed by atoms with van der Waals surface area (Å²) >= 11 is 0. The lowest BCUT2D eigenvalue weighted by Gasteiger charge is -2.12. The number of aromatic nitrogens is 3. The van der Waals surface area contributed by atoms with Crippen LogP contribution in [0.2, 0.25) is 0 Å². The van der Waals surface area contributed by atoms with E-state index in [2.05, 4.69) is 15.4 Å². The number of methoxy groups -OCH3 is 1. The van der Waals surface area contributed by atoms with Crippen molar-refractivity contribution in [1.82, 2.24) is 14.6 Å². The van der Waals surface area contributed by atoms with Crippen LogP contribution in [0.4, 0.5) is 21.6 Å². The van der Waals surface area contributed by atoms with E-state index in [-0.39, 0.29) is 34.2 Å². The van der Waals surface area contributed by atoms with Crippen molar-refractivity contribution in [2.24, 2.45) is 0 Å². The van der Waals surface area contributed by atoms with E-state index in [1.54, 1.807) is 0 Å². The van der Waals surface area contributed by atoms with Crippen LogP contribution in [0.25, 0.3) is 5.65 Å². The highest BCUT2D eigenvalue weighted by Gasteiger charge is 2.14. The lowest BCUT2D eigenvalue weighted by Crippen LogP contribution is -2.05. The fourth-order valence-electron chi connectivity index (χ4n) is 2.23. The molecule has 1 aromatic carbocycles. The highest BCUT2D eigenvalue weighted by Crippen LogP contribution is 2.32. The predicted molar refractivity (Wildman–Crippen MR) is 83.1 cm³/mol. The number of nitrogens with two attached hydrogens (primary N) is 1. The number of fused-ring (bicyclic) bond motifs is 1. The van der Waals surface area contributed by atoms with E-state index in [0.29, 0.717) is 5.65 Å². The van der Waals surface area contributed by atoms with Crippen LogP contribution in [0.1, 0.15) is 11.3 Å². The molecule has 0 aliphatic carbocycles. The molecule has 0 aliphatic heterocycles. The van der Waals surface area contributed by atoms with Gasteiger partial charge in [-0.15, -0.1) is 5.10 Å². The van der Waals surface area contributed by atoms with E-state index in [1.165, 1.54) is 30.0 Å². The molecule has 0 amide bonds. The fraction of sp³-hybridized carbons (Fsp3) is 0.0667. The molecule has 2 aromatic heterocycles. The van der Waals surface area contributed by atoms with E-state index < -0.39 is 5.82 Å². The Labute approximate surface area is 135 Å². The van der Waals surface area contributed by atoms with Crippen LogP contribution in [0.3, 0.4) is 0 Å². The number of anilines is 3. The Morgan fingerprint density at radius 1 is 1.29 bits per heavy atom. The average Bonchev–Trinajstić information content (AvgIpc) is 2.98. The van der Waals surface area contributed by atoms with E-state index in [9.17, 15) is 4.39 Å². The number of ether oxygens (including phenoxy) is 1. The highest BCUT2D eigenvalue weighted by molar-refractivity contribution is 5.73. The summed E-state index contributed by atoms with van der Waals surface area (Å²) in [5.41, 5.74) is 7.04. The minimum absolute atomic E-state index is 0.0689. The smallest absolute Gasteiger partial charge is 0.178 e. The number of imidazole rings is 1. The molecule has 118 valence electrons. The van der Waals surface area contributed by atoms with Crippen molar-refractivity contribution in [1.29, 1.82) is 10.5 Å². The van der Waals surface area contributed by atoms with Crippen molar-refractivity contribution in [3.05, 3.63) is 41.5 Å². The van der Waals surface area contributed by atoms with Crippen LogP contribution in [-0.2, 0) is 0 Å². The first-order valence-corrected chi connectivity index (χ1v) is 6.66. The number of nitrogens with zero attached hydrogens (tertiary/aromatic N) is 5. The first-order chi connectivity index (χ1) is 11.6. The Morgan fingerprint density at radius 2 is 2.08 bits per heavy atom. The van der Waals surface area contributed by atoms with Gasteiger partial charge >= 0.3 is 0 Å². The molecule has 0 spiro atoms. The van der Waals surface area contributed by atoms with E-state index in [1.807, 2.05) is 12.1 Å². The first-order valence-electron chi connectivity index (χ1n) is 6.66. The molecule has 0 saturated heterocycles. The summed E-state index contributed by atoms with van der Waals surface area (Å²) in [4.78, 5) is 4.01. The maximum atomic E-state index is 14.0. The molecule has 0 fully saturated rings. The lowest BCUT2D eigenvalue weighted by molar-refractivity contribution is 0.388. The zero-order valence-electron chi connectivity index (χ0n) is 12.4. The minimum atomic E-state index is -0.687. The summed E-state index contributed by atoms with van der Waals surface area (Å²) in [6.07, 6.45) is 1.35. The lowest BCUT2D eigenvalue weighted by atomic mass is 10.2. The van der Waals surface area contributed by atoms with E-state index in [4.69, 9.17) is 21.0 Å². The standard InChI is InChI=1S/C15H10FN7O/c1-24-14-10(16)2-8(5-17)3-12(14)21-13-4-11(19)15-20-7-9(6-18)23(15)22-13/h2-4,7H,19H2,1H3,(H,21,22). The summed E-state index contributed by atoms with van der Waals surface area (Å²) in [6.45, 7) is 0. The Morgan fingerprint density at radius 3 is 2.75 bits per heavy atom. The second-order valence-electron chi connectivity index (χ2n) is 4.75. The summed E-state index contributed by atoms with van der Waals surface area (Å²) in [7, 11) is 1.31. The van der Waals surface area contributed by atoms with Crippen molar-refractivity contribution in [2.45, 2.75) is 0 Å². The van der Waals surface area contributed by atoms with Crippen LogP contribution >= 0.6 is 0 Å². The molecule has 0 atom stereocenters. The fourth-order valence-corrected chi connectivity index (χ4v) is 2.23. The number of nitrogens with one attached hydrogen (secondary N) is 1. The van der Waals surface area contributed by atoms with Crippen molar-refractivity contribution in [3.8, 4) is 17.9 Å². The van der Waals surface area contributed by atoms with Crippen LogP contribution in [0.15, 0.2) is 24.4 Å². The van der Waals surface area contributed by atoms with Gasteiger partial charge in [-0.1, -0.05) is 0 Å². The van der Waals surface area contributed by atoms with Crippen molar-refractivity contribution in [2.75, 3.05) is 18.2 Å². The van der Waals surface area contributed by atoms with Gasteiger partial charge in [0.15, 0.2) is 28.7 Å². The molecule has 0 bridgehead atoms. The largest absolute Gasteiger partial charge is 0.492 e. The molecular formula is C15H10FN7O. The highest BCUT2D eigenvalue weighted by atomic mass is 19.1. The third-order valence-corrected chi connectivity index (χ3v) is 3.25. The summed E-state index contributed by atoms with van der Waals surface area (Å²) in [6, 6.07) is 7.78. The van der Waals surface area contributed by atoms with Gasteiger partial charge in [-0.05, 0) is 12.1 Å². The van der Waals surface area contributed by atoms with Crippen molar-refractivity contribution < 1.29 is 9.13 Å². The molecule has 2 heterocycles. The minimum Gasteiger partial charge on any atom is -0.492 e. The van der Waals surface area contributed by atoms with Crippen LogP contribution in [0, 0.1) is 28.5 Å². The SMILES string of the molecule is COc1c(F)cc(C#N)cc1Nc1cc(N)c2ncc(C#N)n2n1. The molecule has 8 nitrogen and oxygen atoms in total. The number of hydrogen-bond donors (Lipinski definition) is 2. The third kappa shape index (κ3) is 2.40. The van der Waals surface area contributed by atoms with E-state index in [0.717, 1.165) is 6.07 Å². The van der Waals surface area contributed by atoms with Crippen molar-refractivity contribution >= 4 is 22.8 Å². The number of halogens is 1. The van der Waals surface area contributed by atoms with Gasteiger partial charge in [0, 0.05) is 6.07 Å². The Hall–Kier alpha value is -3.85. The van der Waals surface area contributed by atoms with Gasteiger partial charge in [-0.25, -0.2) is 9.37 Å². The number of rotatable bonds is 3. The maximum absolute atomic E-state index is 14.0. The average molecular weight is 323 g/mol. The zero-order chi connectivity index (χ0) is 17.3. The molecule has 24 heavy (non-hydrogen) atoms. The normalized spacial score (nSPS) is 10.2. The van der Waals surface area contributed by atoms with Gasteiger partial charge in [0.2, 0.25) is 0 Å². The molecule has 0 aliphatic rings. The van der Waals surface area contributed by atoms with Gasteiger partial charge in [-0.2, -0.15) is 15.0 Å². The molecule has 3 aromatic rings. The number of hydrogen-bond acceptors (Lipinski definition) is 7. The number of nitrogen functional groups attached to an aromatic ring is 1. The number of benzene rings is 1. The second kappa shape index (κ2) is 5.74. The summed E-state index contributed by atoms with van der Waals surface area (Å²) in [5, 5.41) is 25.1. The Bertz CT molecular complexity index is 1030. The molecule has 3 rings (SSSR count). The molecule has 9 heteroatoms. The second-order valence-corrected chi connectivity index (χ2v) is 4.75. The van der Waals surface area contributed by atoms with Crippen LogP contribution < -0.4 is 15.8 Å². The van der Waals surface area contributed by atoms with Crippen LogP contribution in [-0.4, -0.2) is 21.7 Å². The summed E-state index contributed by atoms with van der Waals surface area (Å²) in [5.74, 6) is -0.517. The first kappa shape index (κ1) is 15.1.